The minimum atomic E-state index is -0.353. The topological polar surface area (TPSA) is 195 Å². The summed E-state index contributed by atoms with van der Waals surface area (Å²) < 4.78 is 0. The number of carbonyl (C=O) groups excluding carboxylic acids is 1. The van der Waals surface area contributed by atoms with Crippen LogP contribution in [-0.4, -0.2) is 57.2 Å². The third kappa shape index (κ3) is 10.6. The average Bonchev–Trinajstić information content (AvgIpc) is 2.77. The minimum Gasteiger partial charge on any atom is -0.370 e. The molecule has 11 nitrogen and oxygen atoms in total. The summed E-state index contributed by atoms with van der Waals surface area (Å²) in [6.07, 6.45) is 3.17. The number of aromatic amines is 1. The van der Waals surface area contributed by atoms with Crippen LogP contribution in [0.5, 0.6) is 0 Å². The zero-order chi connectivity index (χ0) is 24.7. The maximum atomic E-state index is 12.4. The molecule has 1 aliphatic heterocycles. The maximum Gasteiger partial charge on any atom is 0.258 e. The van der Waals surface area contributed by atoms with E-state index in [4.69, 9.17) is 22.9 Å². The van der Waals surface area contributed by atoms with Gasteiger partial charge in [-0.3, -0.25) is 14.5 Å². The lowest BCUT2D eigenvalue weighted by Gasteiger charge is -2.35. The number of hydrogen-bond donors (Lipinski definition) is 5. The van der Waals surface area contributed by atoms with Gasteiger partial charge in [-0.1, -0.05) is 12.1 Å². The first kappa shape index (κ1) is 34.8. The molecule has 0 bridgehead atoms. The lowest BCUT2D eigenvalue weighted by Crippen LogP contribution is -2.43. The molecule has 0 saturated carbocycles. The molecular formula is C22H36Cl3N9O2S. The Kier molecular flexibility index (Phi) is 15.6. The van der Waals surface area contributed by atoms with Gasteiger partial charge in [0.1, 0.15) is 12.0 Å². The number of aryl methyl sites for hydroxylation is 1. The number of likely N-dealkylation sites (tertiary alicyclic amines) is 1. The van der Waals surface area contributed by atoms with Gasteiger partial charge in [0.15, 0.2) is 11.9 Å². The Morgan fingerprint density at radius 3 is 2.46 bits per heavy atom. The van der Waals surface area contributed by atoms with Crippen LogP contribution >= 0.6 is 49.0 Å². The van der Waals surface area contributed by atoms with Crippen molar-refractivity contribution in [1.82, 2.24) is 14.9 Å². The highest BCUT2D eigenvalue weighted by molar-refractivity contribution is 7.99. The van der Waals surface area contributed by atoms with E-state index in [1.807, 2.05) is 19.1 Å². The fourth-order valence-electron chi connectivity index (χ4n) is 4.09. The van der Waals surface area contributed by atoms with Crippen LogP contribution < -0.4 is 28.5 Å². The fourth-order valence-corrected chi connectivity index (χ4v) is 5.17. The summed E-state index contributed by atoms with van der Waals surface area (Å²) >= 11 is 1.80. The molecule has 1 atom stereocenters. The number of amides is 1. The SMILES string of the molecule is Cc1cccc2c(=O)[nH]c(CSC3CCN(C(CCCC(=O)N=C(N)N)N=C(N)N)CC3)nc12.Cl.Cl.Cl. The van der Waals surface area contributed by atoms with Crippen molar-refractivity contribution in [3.63, 3.8) is 0 Å². The number of piperidine rings is 1. The van der Waals surface area contributed by atoms with Gasteiger partial charge in [-0.2, -0.15) is 16.8 Å². The Labute approximate surface area is 238 Å². The van der Waals surface area contributed by atoms with Crippen LogP contribution in [0.4, 0.5) is 0 Å². The van der Waals surface area contributed by atoms with Crippen LogP contribution in [0.3, 0.4) is 0 Å². The molecular weight excluding hydrogens is 561 g/mol. The monoisotopic (exact) mass is 595 g/mol. The predicted molar refractivity (Wildman–Crippen MR) is 159 cm³/mol. The summed E-state index contributed by atoms with van der Waals surface area (Å²) in [5.74, 6) is 0.785. The number of fused-ring (bicyclic) bond motifs is 1. The standard InChI is InChI=1S/C22H33N9O2S.3ClH/c1-13-4-2-5-15-19(13)27-16(28-20(15)33)12-34-14-8-10-31(11-9-14)17(29-21(23)24)6-3-7-18(32)30-22(25)26;;;/h2,4-5,14,17H,3,6-12H2,1H3,(H4,23,24,29)(H,27,28,33)(H4,25,26,30,32);3*1H. The molecule has 1 amide bonds. The number of nitrogens with two attached hydrogens (primary N) is 4. The molecule has 1 aliphatic rings. The third-order valence-corrected chi connectivity index (χ3v) is 7.13. The van der Waals surface area contributed by atoms with Crippen molar-refractivity contribution in [3.05, 3.63) is 39.9 Å². The number of benzene rings is 1. The zero-order valence-corrected chi connectivity index (χ0v) is 23.9. The first-order valence-electron chi connectivity index (χ1n) is 11.3. The predicted octanol–water partition coefficient (Wildman–Crippen LogP) is 1.76. The molecule has 3 rings (SSSR count). The molecule has 208 valence electrons. The number of thioether (sulfide) groups is 1. The van der Waals surface area contributed by atoms with Crippen molar-refractivity contribution in [2.45, 2.75) is 56.2 Å². The Morgan fingerprint density at radius 1 is 1.16 bits per heavy atom. The lowest BCUT2D eigenvalue weighted by atomic mass is 10.1. The summed E-state index contributed by atoms with van der Waals surface area (Å²) in [4.78, 5) is 41.8. The van der Waals surface area contributed by atoms with Crippen molar-refractivity contribution in [1.29, 1.82) is 0 Å². The number of para-hydroxylation sites is 1. The van der Waals surface area contributed by atoms with Gasteiger partial charge >= 0.3 is 0 Å². The Bertz CT molecular complexity index is 1130. The van der Waals surface area contributed by atoms with Gasteiger partial charge in [-0.25, -0.2) is 9.98 Å². The average molecular weight is 597 g/mol. The third-order valence-electron chi connectivity index (χ3n) is 5.75. The second-order valence-electron chi connectivity index (χ2n) is 8.39. The van der Waals surface area contributed by atoms with Crippen LogP contribution in [-0.2, 0) is 10.5 Å². The van der Waals surface area contributed by atoms with E-state index in [1.165, 1.54) is 0 Å². The van der Waals surface area contributed by atoms with Crippen molar-refractivity contribution in [3.8, 4) is 0 Å². The van der Waals surface area contributed by atoms with E-state index in [2.05, 4.69) is 24.9 Å². The van der Waals surface area contributed by atoms with Crippen molar-refractivity contribution >= 4 is 77.7 Å². The highest BCUT2D eigenvalue weighted by Gasteiger charge is 2.25. The summed E-state index contributed by atoms with van der Waals surface area (Å²) in [5.41, 5.74) is 23.4. The second-order valence-corrected chi connectivity index (χ2v) is 9.68. The molecule has 9 N–H and O–H groups in total. The van der Waals surface area contributed by atoms with Gasteiger partial charge < -0.3 is 27.9 Å². The molecule has 1 aromatic heterocycles. The molecule has 1 aromatic carbocycles. The molecule has 37 heavy (non-hydrogen) atoms. The van der Waals surface area contributed by atoms with Crippen LogP contribution in [0.1, 0.15) is 43.5 Å². The molecule has 0 aliphatic carbocycles. The van der Waals surface area contributed by atoms with E-state index in [0.717, 1.165) is 37.0 Å². The molecule has 2 heterocycles. The highest BCUT2D eigenvalue weighted by atomic mass is 35.5. The summed E-state index contributed by atoms with van der Waals surface area (Å²) in [5, 5.41) is 1.06. The second kappa shape index (κ2) is 16.6. The van der Waals surface area contributed by atoms with Crippen molar-refractivity contribution in [2.75, 3.05) is 13.1 Å². The van der Waals surface area contributed by atoms with Crippen LogP contribution in [0, 0.1) is 6.92 Å². The van der Waals surface area contributed by atoms with E-state index in [1.54, 1.807) is 17.8 Å². The van der Waals surface area contributed by atoms with Crippen LogP contribution in [0.15, 0.2) is 33.0 Å². The Hall–Kier alpha value is -2.25. The number of nitrogens with zero attached hydrogens (tertiary/aromatic N) is 4. The van der Waals surface area contributed by atoms with E-state index in [-0.39, 0.29) is 73.2 Å². The number of H-pyrrole nitrogens is 1. The number of carbonyl (C=O) groups is 1. The molecule has 0 spiro atoms. The number of aliphatic imine (C=N–C) groups is 2. The molecule has 1 saturated heterocycles. The first-order valence-corrected chi connectivity index (χ1v) is 12.3. The van der Waals surface area contributed by atoms with E-state index < -0.39 is 0 Å². The van der Waals surface area contributed by atoms with E-state index >= 15 is 0 Å². The Morgan fingerprint density at radius 2 is 1.84 bits per heavy atom. The maximum absolute atomic E-state index is 12.4. The van der Waals surface area contributed by atoms with Gasteiger partial charge in [0.2, 0.25) is 5.91 Å². The first-order chi connectivity index (χ1) is 16.2. The van der Waals surface area contributed by atoms with E-state index in [9.17, 15) is 9.59 Å². The Balaban J connectivity index is 0.00000432. The smallest absolute Gasteiger partial charge is 0.258 e. The molecule has 15 heteroatoms. The minimum absolute atomic E-state index is 0. The molecule has 1 unspecified atom stereocenters. The van der Waals surface area contributed by atoms with Gasteiger partial charge in [0.25, 0.3) is 5.56 Å². The number of halogens is 3. The summed E-state index contributed by atoms with van der Waals surface area (Å²) in [6.45, 7) is 3.63. The lowest BCUT2D eigenvalue weighted by molar-refractivity contribution is -0.117. The van der Waals surface area contributed by atoms with Crippen molar-refractivity contribution < 1.29 is 4.79 Å². The fraction of sp³-hybridized carbons (Fsp3) is 0.500. The molecule has 2 aromatic rings. The quantitative estimate of drug-likeness (QED) is 0.212. The van der Waals surface area contributed by atoms with Gasteiger partial charge in [-0.15, -0.1) is 37.2 Å². The summed E-state index contributed by atoms with van der Waals surface area (Å²) in [7, 11) is 0. The summed E-state index contributed by atoms with van der Waals surface area (Å²) in [6, 6.07) is 5.63. The van der Waals surface area contributed by atoms with Gasteiger partial charge in [-0.05, 0) is 44.2 Å². The number of guanidine groups is 2. The van der Waals surface area contributed by atoms with Crippen molar-refractivity contribution in [2.24, 2.45) is 32.9 Å². The number of rotatable bonds is 9. The number of aromatic nitrogens is 2. The largest absolute Gasteiger partial charge is 0.370 e. The number of hydrogen-bond acceptors (Lipinski definition) is 6. The van der Waals surface area contributed by atoms with Crippen LogP contribution in [0.2, 0.25) is 0 Å². The number of nitrogens with one attached hydrogen (secondary N) is 1. The van der Waals surface area contributed by atoms with E-state index in [0.29, 0.717) is 35.1 Å². The van der Waals surface area contributed by atoms with Gasteiger partial charge in [0.05, 0.1) is 16.7 Å². The highest BCUT2D eigenvalue weighted by Crippen LogP contribution is 2.28. The normalized spacial score (nSPS) is 14.4. The molecule has 0 radical (unpaired) electrons. The zero-order valence-electron chi connectivity index (χ0n) is 20.6. The molecule has 1 fully saturated rings. The van der Waals surface area contributed by atoms with Gasteiger partial charge in [0, 0.05) is 24.8 Å². The van der Waals surface area contributed by atoms with Crippen LogP contribution in [0.25, 0.3) is 10.9 Å².